The zero-order valence-corrected chi connectivity index (χ0v) is 10.7. The Morgan fingerprint density at radius 1 is 1.22 bits per heavy atom. The Morgan fingerprint density at radius 2 is 2.17 bits per heavy atom. The molecule has 94 valence electrons. The highest BCUT2D eigenvalue weighted by molar-refractivity contribution is 6.00. The Balaban J connectivity index is 1.89. The van der Waals surface area contributed by atoms with Crippen molar-refractivity contribution in [3.63, 3.8) is 0 Å². The first-order valence-electron chi connectivity index (χ1n) is 7.03. The summed E-state index contributed by atoms with van der Waals surface area (Å²) in [6, 6.07) is 4.10. The highest BCUT2D eigenvalue weighted by Crippen LogP contribution is 2.34. The lowest BCUT2D eigenvalue weighted by atomic mass is 9.80. The van der Waals surface area contributed by atoms with Crippen LogP contribution in [0.1, 0.15) is 55.7 Å². The van der Waals surface area contributed by atoms with Gasteiger partial charge in [-0.2, -0.15) is 0 Å². The Bertz CT molecular complexity index is 490. The Morgan fingerprint density at radius 3 is 3.00 bits per heavy atom. The first kappa shape index (κ1) is 11.6. The summed E-state index contributed by atoms with van der Waals surface area (Å²) >= 11 is 0. The molecule has 18 heavy (non-hydrogen) atoms. The predicted molar refractivity (Wildman–Crippen MR) is 71.5 cm³/mol. The second-order valence-electron chi connectivity index (χ2n) is 5.33. The Hall–Kier alpha value is -1.44. The molecule has 0 fully saturated rings. The van der Waals surface area contributed by atoms with E-state index in [0.29, 0.717) is 5.78 Å². The molecule has 0 saturated heterocycles. The van der Waals surface area contributed by atoms with Gasteiger partial charge in [0.2, 0.25) is 0 Å². The first-order chi connectivity index (χ1) is 8.86. The molecule has 0 aromatic carbocycles. The molecule has 2 aliphatic rings. The van der Waals surface area contributed by atoms with Crippen LogP contribution in [-0.2, 0) is 11.2 Å². The topological polar surface area (TPSA) is 30.0 Å². The van der Waals surface area contributed by atoms with Gasteiger partial charge >= 0.3 is 0 Å². The summed E-state index contributed by atoms with van der Waals surface area (Å²) in [6.07, 6.45) is 11.6. The number of nitrogens with zero attached hydrogens (tertiary/aromatic N) is 1. The van der Waals surface area contributed by atoms with E-state index in [4.69, 9.17) is 0 Å². The van der Waals surface area contributed by atoms with Crippen molar-refractivity contribution in [2.75, 3.05) is 0 Å². The van der Waals surface area contributed by atoms with Gasteiger partial charge in [0.15, 0.2) is 5.78 Å². The Kier molecular flexibility index (Phi) is 3.26. The predicted octanol–water partition coefficient (Wildman–Crippen LogP) is 3.57. The first-order valence-corrected chi connectivity index (χ1v) is 7.03. The molecular formula is C16H19NO. The van der Waals surface area contributed by atoms with E-state index < -0.39 is 0 Å². The third-order valence-electron chi connectivity index (χ3n) is 4.12. The van der Waals surface area contributed by atoms with Crippen LogP contribution in [0.3, 0.4) is 0 Å². The van der Waals surface area contributed by atoms with E-state index in [1.54, 1.807) is 0 Å². The summed E-state index contributed by atoms with van der Waals surface area (Å²) in [7, 11) is 0. The molecule has 2 heteroatoms. The van der Waals surface area contributed by atoms with Crippen molar-refractivity contribution < 1.29 is 4.79 Å². The van der Waals surface area contributed by atoms with Crippen molar-refractivity contribution in [1.29, 1.82) is 0 Å². The van der Waals surface area contributed by atoms with Crippen molar-refractivity contribution in [2.24, 2.45) is 0 Å². The summed E-state index contributed by atoms with van der Waals surface area (Å²) in [5, 5.41) is 0. The molecule has 1 aromatic heterocycles. The van der Waals surface area contributed by atoms with Crippen LogP contribution >= 0.6 is 0 Å². The van der Waals surface area contributed by atoms with Crippen LogP contribution in [0.2, 0.25) is 0 Å². The minimum atomic E-state index is 0.0271. The second kappa shape index (κ2) is 5.05. The van der Waals surface area contributed by atoms with Gasteiger partial charge in [0.25, 0.3) is 0 Å². The lowest BCUT2D eigenvalue weighted by Crippen LogP contribution is -2.22. The molecule has 3 rings (SSSR count). The maximum absolute atomic E-state index is 12.6. The van der Waals surface area contributed by atoms with E-state index in [1.807, 2.05) is 12.3 Å². The minimum absolute atomic E-state index is 0.0271. The molecular weight excluding hydrogens is 222 g/mol. The fraction of sp³-hybridized carbons (Fsp3) is 0.500. The van der Waals surface area contributed by atoms with E-state index in [0.717, 1.165) is 43.4 Å². The fourth-order valence-corrected chi connectivity index (χ4v) is 3.15. The number of hydrogen-bond donors (Lipinski definition) is 0. The van der Waals surface area contributed by atoms with Gasteiger partial charge in [-0.15, -0.1) is 0 Å². The van der Waals surface area contributed by atoms with Gasteiger partial charge in [0.1, 0.15) is 0 Å². The molecule has 1 unspecified atom stereocenters. The number of carbonyl (C=O) groups excluding carboxylic acids is 1. The van der Waals surface area contributed by atoms with Crippen LogP contribution in [0.5, 0.6) is 0 Å². The lowest BCUT2D eigenvalue weighted by Gasteiger charge is -2.25. The van der Waals surface area contributed by atoms with Gasteiger partial charge in [-0.3, -0.25) is 9.78 Å². The van der Waals surface area contributed by atoms with E-state index in [2.05, 4.69) is 17.1 Å². The summed E-state index contributed by atoms with van der Waals surface area (Å²) in [5.74, 6) is 0.369. The van der Waals surface area contributed by atoms with Gasteiger partial charge in [-0.25, -0.2) is 0 Å². The molecule has 0 spiro atoms. The zero-order valence-electron chi connectivity index (χ0n) is 10.7. The number of hydrogen-bond acceptors (Lipinski definition) is 2. The SMILES string of the molecule is O=C(C1=CCCCC1)C1CCCc2cccnc21. The number of fused-ring (bicyclic) bond motifs is 1. The molecule has 2 aliphatic carbocycles. The van der Waals surface area contributed by atoms with Crippen LogP contribution in [0.15, 0.2) is 30.0 Å². The maximum Gasteiger partial charge on any atom is 0.167 e. The van der Waals surface area contributed by atoms with E-state index in [-0.39, 0.29) is 5.92 Å². The van der Waals surface area contributed by atoms with Crippen LogP contribution in [0, 0.1) is 0 Å². The highest BCUT2D eigenvalue weighted by atomic mass is 16.1. The normalized spacial score (nSPS) is 23.1. The van der Waals surface area contributed by atoms with Crippen molar-refractivity contribution in [3.8, 4) is 0 Å². The van der Waals surface area contributed by atoms with Crippen molar-refractivity contribution in [2.45, 2.75) is 50.9 Å². The molecule has 0 radical (unpaired) electrons. The van der Waals surface area contributed by atoms with Gasteiger partial charge in [0.05, 0.1) is 11.6 Å². The summed E-state index contributed by atoms with van der Waals surface area (Å²) in [6.45, 7) is 0. The fourth-order valence-electron chi connectivity index (χ4n) is 3.15. The number of aromatic nitrogens is 1. The van der Waals surface area contributed by atoms with E-state index in [9.17, 15) is 4.79 Å². The smallest absolute Gasteiger partial charge is 0.167 e. The van der Waals surface area contributed by atoms with E-state index in [1.165, 1.54) is 18.4 Å². The van der Waals surface area contributed by atoms with Crippen LogP contribution < -0.4 is 0 Å². The number of Topliss-reactive ketones (excluding diaryl/α,β-unsaturated/α-hetero) is 1. The number of pyridine rings is 1. The monoisotopic (exact) mass is 241 g/mol. The standard InChI is InChI=1S/C16H19NO/c18-16(13-6-2-1-3-7-13)14-10-4-8-12-9-5-11-17-15(12)14/h5-6,9,11,14H,1-4,7-8,10H2. The lowest BCUT2D eigenvalue weighted by molar-refractivity contribution is -0.117. The van der Waals surface area contributed by atoms with Crippen LogP contribution in [0.25, 0.3) is 0 Å². The molecule has 1 heterocycles. The number of rotatable bonds is 2. The molecule has 0 saturated carbocycles. The second-order valence-corrected chi connectivity index (χ2v) is 5.33. The summed E-state index contributed by atoms with van der Waals surface area (Å²) < 4.78 is 0. The molecule has 0 N–H and O–H groups in total. The maximum atomic E-state index is 12.6. The molecule has 0 bridgehead atoms. The van der Waals surface area contributed by atoms with Crippen molar-refractivity contribution in [1.82, 2.24) is 4.98 Å². The van der Waals surface area contributed by atoms with Gasteiger partial charge < -0.3 is 0 Å². The van der Waals surface area contributed by atoms with Crippen LogP contribution in [0.4, 0.5) is 0 Å². The third-order valence-corrected chi connectivity index (χ3v) is 4.12. The highest BCUT2D eigenvalue weighted by Gasteiger charge is 2.29. The third kappa shape index (κ3) is 2.12. The van der Waals surface area contributed by atoms with Gasteiger partial charge in [-0.05, 0) is 62.1 Å². The molecule has 0 aliphatic heterocycles. The van der Waals surface area contributed by atoms with Crippen LogP contribution in [-0.4, -0.2) is 10.8 Å². The number of carbonyl (C=O) groups is 1. The minimum Gasteiger partial charge on any atom is -0.294 e. The summed E-state index contributed by atoms with van der Waals surface area (Å²) in [5.41, 5.74) is 3.38. The quantitative estimate of drug-likeness (QED) is 0.792. The largest absolute Gasteiger partial charge is 0.294 e. The zero-order chi connectivity index (χ0) is 12.4. The molecule has 2 nitrogen and oxygen atoms in total. The average Bonchev–Trinajstić information content (AvgIpc) is 2.47. The van der Waals surface area contributed by atoms with E-state index >= 15 is 0 Å². The average molecular weight is 241 g/mol. The number of ketones is 1. The Labute approximate surface area is 108 Å². The number of allylic oxidation sites excluding steroid dienone is 2. The summed E-state index contributed by atoms with van der Waals surface area (Å²) in [4.78, 5) is 17.1. The molecule has 1 aromatic rings. The van der Waals surface area contributed by atoms with Crippen molar-refractivity contribution >= 4 is 5.78 Å². The molecule has 0 amide bonds. The molecule has 1 atom stereocenters. The van der Waals surface area contributed by atoms with Gasteiger partial charge in [-0.1, -0.05) is 12.1 Å². The van der Waals surface area contributed by atoms with Gasteiger partial charge in [0, 0.05) is 6.20 Å². The van der Waals surface area contributed by atoms with Crippen molar-refractivity contribution in [3.05, 3.63) is 41.2 Å². The number of aryl methyl sites for hydroxylation is 1.